The Morgan fingerprint density at radius 1 is 1.05 bits per heavy atom. The summed E-state index contributed by atoms with van der Waals surface area (Å²) in [5.74, 6) is 0. The van der Waals surface area contributed by atoms with Crippen LogP contribution in [-0.2, 0) is 13.0 Å². The van der Waals surface area contributed by atoms with Crippen LogP contribution in [0.1, 0.15) is 31.4 Å². The Bertz CT molecular complexity index is 581. The molecule has 0 heterocycles. The highest BCUT2D eigenvalue weighted by atomic mass is 79.9. The molecule has 112 valence electrons. The van der Waals surface area contributed by atoms with E-state index in [0.29, 0.717) is 0 Å². The van der Waals surface area contributed by atoms with Gasteiger partial charge in [-0.15, -0.1) is 0 Å². The Balaban J connectivity index is 1.87. The molecule has 0 saturated carbocycles. The summed E-state index contributed by atoms with van der Waals surface area (Å²) in [4.78, 5) is 0. The molecule has 0 fully saturated rings. The standard InChI is InChI=1S/C18H21BrClN/c1-18(2,11-10-14-6-4-3-5-7-14)21-13-15-8-9-17(20)16(19)12-15/h3-9,12,21H,10-11,13H2,1-2H3. The maximum absolute atomic E-state index is 6.02. The summed E-state index contributed by atoms with van der Waals surface area (Å²) < 4.78 is 0.950. The summed E-state index contributed by atoms with van der Waals surface area (Å²) in [6.07, 6.45) is 2.19. The average molecular weight is 367 g/mol. The van der Waals surface area contributed by atoms with Crippen LogP contribution in [-0.4, -0.2) is 5.54 Å². The minimum absolute atomic E-state index is 0.0992. The van der Waals surface area contributed by atoms with Gasteiger partial charge in [0.1, 0.15) is 0 Å². The van der Waals surface area contributed by atoms with E-state index in [1.165, 1.54) is 11.1 Å². The van der Waals surface area contributed by atoms with E-state index in [-0.39, 0.29) is 5.54 Å². The first-order chi connectivity index (χ1) is 9.96. The number of aryl methyl sites for hydroxylation is 1. The molecule has 2 aromatic rings. The van der Waals surface area contributed by atoms with Gasteiger partial charge < -0.3 is 5.32 Å². The summed E-state index contributed by atoms with van der Waals surface area (Å²) in [6, 6.07) is 16.7. The summed E-state index contributed by atoms with van der Waals surface area (Å²) in [5, 5.41) is 4.38. The van der Waals surface area contributed by atoms with Crippen molar-refractivity contribution in [2.45, 2.75) is 38.8 Å². The van der Waals surface area contributed by atoms with Gasteiger partial charge in [0, 0.05) is 16.6 Å². The molecule has 0 radical (unpaired) electrons. The van der Waals surface area contributed by atoms with Gasteiger partial charge in [0.25, 0.3) is 0 Å². The second-order valence-electron chi connectivity index (χ2n) is 5.97. The molecule has 0 unspecified atom stereocenters. The first-order valence-electron chi connectivity index (χ1n) is 7.19. The zero-order valence-corrected chi connectivity index (χ0v) is 14.8. The van der Waals surface area contributed by atoms with E-state index in [4.69, 9.17) is 11.6 Å². The molecule has 0 saturated heterocycles. The van der Waals surface area contributed by atoms with Crippen molar-refractivity contribution in [3.63, 3.8) is 0 Å². The molecule has 0 aromatic heterocycles. The molecule has 0 spiro atoms. The number of rotatable bonds is 6. The minimum atomic E-state index is 0.0992. The average Bonchev–Trinajstić information content (AvgIpc) is 2.48. The fraction of sp³-hybridized carbons (Fsp3) is 0.333. The molecular weight excluding hydrogens is 346 g/mol. The lowest BCUT2D eigenvalue weighted by Gasteiger charge is -2.26. The van der Waals surface area contributed by atoms with Crippen molar-refractivity contribution in [2.24, 2.45) is 0 Å². The lowest BCUT2D eigenvalue weighted by Crippen LogP contribution is -2.39. The predicted molar refractivity (Wildman–Crippen MR) is 94.8 cm³/mol. The van der Waals surface area contributed by atoms with Crippen molar-refractivity contribution in [3.8, 4) is 0 Å². The van der Waals surface area contributed by atoms with Crippen LogP contribution in [0, 0.1) is 0 Å². The first-order valence-corrected chi connectivity index (χ1v) is 8.36. The molecule has 0 bridgehead atoms. The summed E-state index contributed by atoms with van der Waals surface area (Å²) in [6.45, 7) is 5.35. The van der Waals surface area contributed by atoms with Gasteiger partial charge in [-0.05, 0) is 65.9 Å². The molecule has 2 rings (SSSR count). The lowest BCUT2D eigenvalue weighted by atomic mass is 9.95. The van der Waals surface area contributed by atoms with Gasteiger partial charge >= 0.3 is 0 Å². The Kier molecular flexibility index (Phi) is 5.86. The third-order valence-corrected chi connectivity index (χ3v) is 4.85. The Morgan fingerprint density at radius 3 is 2.43 bits per heavy atom. The number of halogens is 2. The van der Waals surface area contributed by atoms with Crippen LogP contribution < -0.4 is 5.32 Å². The molecule has 0 atom stereocenters. The molecular formula is C18H21BrClN. The van der Waals surface area contributed by atoms with Crippen molar-refractivity contribution >= 4 is 27.5 Å². The minimum Gasteiger partial charge on any atom is -0.308 e. The van der Waals surface area contributed by atoms with Crippen molar-refractivity contribution in [3.05, 3.63) is 69.2 Å². The Labute approximate surface area is 140 Å². The van der Waals surface area contributed by atoms with Gasteiger partial charge in [-0.1, -0.05) is 48.0 Å². The van der Waals surface area contributed by atoms with Crippen molar-refractivity contribution in [1.29, 1.82) is 0 Å². The van der Waals surface area contributed by atoms with Gasteiger partial charge in [-0.25, -0.2) is 0 Å². The topological polar surface area (TPSA) is 12.0 Å². The van der Waals surface area contributed by atoms with E-state index >= 15 is 0 Å². The second kappa shape index (κ2) is 7.44. The van der Waals surface area contributed by atoms with Crippen LogP contribution in [0.25, 0.3) is 0 Å². The van der Waals surface area contributed by atoms with E-state index in [1.807, 2.05) is 6.07 Å². The molecule has 1 nitrogen and oxygen atoms in total. The third kappa shape index (κ3) is 5.46. The number of nitrogens with one attached hydrogen (secondary N) is 1. The van der Waals surface area contributed by atoms with Crippen LogP contribution in [0.15, 0.2) is 53.0 Å². The summed E-state index contributed by atoms with van der Waals surface area (Å²) in [5.41, 5.74) is 2.72. The van der Waals surface area contributed by atoms with Crippen molar-refractivity contribution < 1.29 is 0 Å². The van der Waals surface area contributed by atoms with E-state index in [1.54, 1.807) is 0 Å². The van der Waals surface area contributed by atoms with Crippen LogP contribution in [0.2, 0.25) is 5.02 Å². The van der Waals surface area contributed by atoms with Crippen molar-refractivity contribution in [2.75, 3.05) is 0 Å². The van der Waals surface area contributed by atoms with Crippen LogP contribution in [0.4, 0.5) is 0 Å². The lowest BCUT2D eigenvalue weighted by molar-refractivity contribution is 0.360. The zero-order chi connectivity index (χ0) is 15.3. The van der Waals surface area contributed by atoms with E-state index in [2.05, 4.69) is 77.6 Å². The zero-order valence-electron chi connectivity index (χ0n) is 12.5. The fourth-order valence-electron chi connectivity index (χ4n) is 2.18. The molecule has 0 aliphatic carbocycles. The van der Waals surface area contributed by atoms with Crippen LogP contribution in [0.5, 0.6) is 0 Å². The first kappa shape index (κ1) is 16.5. The molecule has 0 amide bonds. The highest BCUT2D eigenvalue weighted by Crippen LogP contribution is 2.23. The second-order valence-corrected chi connectivity index (χ2v) is 7.23. The highest BCUT2D eigenvalue weighted by Gasteiger charge is 2.16. The number of hydrogen-bond donors (Lipinski definition) is 1. The van der Waals surface area contributed by atoms with Crippen LogP contribution >= 0.6 is 27.5 Å². The third-order valence-electron chi connectivity index (χ3n) is 3.64. The molecule has 0 aliphatic rings. The van der Waals surface area contributed by atoms with Gasteiger partial charge in [0.2, 0.25) is 0 Å². The Hall–Kier alpha value is -0.830. The maximum atomic E-state index is 6.02. The van der Waals surface area contributed by atoms with Gasteiger partial charge in [0.05, 0.1) is 5.02 Å². The summed E-state index contributed by atoms with van der Waals surface area (Å²) in [7, 11) is 0. The predicted octanol–water partition coefficient (Wildman–Crippen LogP) is 5.60. The molecule has 2 aromatic carbocycles. The highest BCUT2D eigenvalue weighted by molar-refractivity contribution is 9.10. The van der Waals surface area contributed by atoms with Crippen molar-refractivity contribution in [1.82, 2.24) is 5.32 Å². The van der Waals surface area contributed by atoms with Gasteiger partial charge in [-0.3, -0.25) is 0 Å². The fourth-order valence-corrected chi connectivity index (χ4v) is 2.72. The van der Waals surface area contributed by atoms with E-state index < -0.39 is 0 Å². The molecule has 21 heavy (non-hydrogen) atoms. The number of benzene rings is 2. The summed E-state index contributed by atoms with van der Waals surface area (Å²) >= 11 is 9.49. The molecule has 1 N–H and O–H groups in total. The SMILES string of the molecule is CC(C)(CCc1ccccc1)NCc1ccc(Cl)c(Br)c1. The van der Waals surface area contributed by atoms with Gasteiger partial charge in [0.15, 0.2) is 0 Å². The Morgan fingerprint density at radius 2 is 1.76 bits per heavy atom. The largest absolute Gasteiger partial charge is 0.308 e. The van der Waals surface area contributed by atoms with Gasteiger partial charge in [-0.2, -0.15) is 0 Å². The number of hydrogen-bond acceptors (Lipinski definition) is 1. The quantitative estimate of drug-likeness (QED) is 0.701. The smallest absolute Gasteiger partial charge is 0.0548 e. The van der Waals surface area contributed by atoms with Crippen LogP contribution in [0.3, 0.4) is 0 Å². The maximum Gasteiger partial charge on any atom is 0.0548 e. The van der Waals surface area contributed by atoms with E-state index in [9.17, 15) is 0 Å². The normalized spacial score (nSPS) is 11.6. The monoisotopic (exact) mass is 365 g/mol. The molecule has 0 aliphatic heterocycles. The van der Waals surface area contributed by atoms with E-state index in [0.717, 1.165) is 28.9 Å². The molecule has 3 heteroatoms.